The molecule has 3 N–H and O–H groups in total. The SMILES string of the molecule is CC1C2CC3CC(NC(=O)O)(C2)CC1([N+](=O)[O-])C3.O=C(O)c1ccccc1. The summed E-state index contributed by atoms with van der Waals surface area (Å²) in [7, 11) is 0. The molecule has 146 valence electrons. The summed E-state index contributed by atoms with van der Waals surface area (Å²) in [5.41, 5.74) is -1.11. The summed E-state index contributed by atoms with van der Waals surface area (Å²) in [4.78, 5) is 32.5. The first-order valence-electron chi connectivity index (χ1n) is 9.11. The van der Waals surface area contributed by atoms with Crippen molar-refractivity contribution in [3.05, 3.63) is 46.0 Å². The van der Waals surface area contributed by atoms with Crippen molar-refractivity contribution < 1.29 is 24.7 Å². The van der Waals surface area contributed by atoms with E-state index < -0.39 is 23.1 Å². The number of carboxylic acids is 1. The molecule has 8 nitrogen and oxygen atoms in total. The summed E-state index contributed by atoms with van der Waals surface area (Å²) in [5.74, 6) is -0.210. The average Bonchev–Trinajstić information content (AvgIpc) is 2.59. The van der Waals surface area contributed by atoms with E-state index in [0.717, 1.165) is 19.3 Å². The van der Waals surface area contributed by atoms with Gasteiger partial charge < -0.3 is 15.5 Å². The lowest BCUT2D eigenvalue weighted by atomic mass is 9.46. The molecule has 0 heterocycles. The van der Waals surface area contributed by atoms with Gasteiger partial charge in [-0.3, -0.25) is 10.1 Å². The summed E-state index contributed by atoms with van der Waals surface area (Å²) in [5, 5.41) is 31.5. The Hall–Kier alpha value is -2.64. The van der Waals surface area contributed by atoms with Crippen molar-refractivity contribution in [2.24, 2.45) is 17.8 Å². The molecule has 5 atom stereocenters. The van der Waals surface area contributed by atoms with Gasteiger partial charge in [-0.15, -0.1) is 0 Å². The van der Waals surface area contributed by atoms with Crippen LogP contribution < -0.4 is 5.32 Å². The second-order valence-corrected chi connectivity index (χ2v) is 8.18. The molecule has 4 fully saturated rings. The minimum Gasteiger partial charge on any atom is -0.478 e. The van der Waals surface area contributed by atoms with Crippen molar-refractivity contribution >= 4 is 12.1 Å². The second kappa shape index (κ2) is 6.83. The molecular formula is C19H24N2O6. The predicted molar refractivity (Wildman–Crippen MR) is 96.2 cm³/mol. The maximum absolute atomic E-state index is 11.5. The zero-order valence-corrected chi connectivity index (χ0v) is 15.1. The molecule has 1 aromatic carbocycles. The van der Waals surface area contributed by atoms with Crippen molar-refractivity contribution in [2.75, 3.05) is 0 Å². The van der Waals surface area contributed by atoms with E-state index in [2.05, 4.69) is 5.32 Å². The van der Waals surface area contributed by atoms with Gasteiger partial charge in [0.25, 0.3) is 0 Å². The van der Waals surface area contributed by atoms with E-state index in [1.807, 2.05) is 6.92 Å². The van der Waals surface area contributed by atoms with Crippen LogP contribution in [-0.4, -0.2) is 38.3 Å². The fourth-order valence-electron chi connectivity index (χ4n) is 5.62. The first-order chi connectivity index (χ1) is 12.7. The Balaban J connectivity index is 0.000000197. The Morgan fingerprint density at radius 2 is 1.85 bits per heavy atom. The number of nitrogens with one attached hydrogen (secondary N) is 1. The van der Waals surface area contributed by atoms with Crippen molar-refractivity contribution in [2.45, 2.75) is 50.1 Å². The van der Waals surface area contributed by atoms with Gasteiger partial charge in [0.05, 0.1) is 11.1 Å². The summed E-state index contributed by atoms with van der Waals surface area (Å²) in [6, 6.07) is 8.30. The van der Waals surface area contributed by atoms with E-state index in [1.165, 1.54) is 0 Å². The lowest BCUT2D eigenvalue weighted by molar-refractivity contribution is -0.600. The standard InChI is InChI=1S/C12H18N2O4.C7H6O2/c1-7-9-2-8-3-11(5-9,13-10(15)16)6-12(7,4-8)14(17)18;8-7(9)6-4-2-1-3-5-6/h7-9,13H,2-6H2,1H3,(H,15,16);1-5H,(H,8,9). The average molecular weight is 376 g/mol. The highest BCUT2D eigenvalue weighted by Gasteiger charge is 2.68. The van der Waals surface area contributed by atoms with Crippen LogP contribution in [0.1, 0.15) is 49.4 Å². The van der Waals surface area contributed by atoms with E-state index in [9.17, 15) is 19.7 Å². The molecule has 0 aliphatic heterocycles. The number of carboxylic acid groups (broad SMARTS) is 2. The van der Waals surface area contributed by atoms with E-state index in [0.29, 0.717) is 30.2 Å². The molecule has 1 amide bonds. The fourth-order valence-corrected chi connectivity index (χ4v) is 5.62. The molecule has 8 heteroatoms. The van der Waals surface area contributed by atoms with Crippen molar-refractivity contribution in [3.8, 4) is 0 Å². The third kappa shape index (κ3) is 3.48. The summed E-state index contributed by atoms with van der Waals surface area (Å²) in [6.45, 7) is 1.97. The Kier molecular flexibility index (Phi) is 4.84. The second-order valence-electron chi connectivity index (χ2n) is 8.18. The van der Waals surface area contributed by atoms with E-state index in [4.69, 9.17) is 10.2 Å². The van der Waals surface area contributed by atoms with Gasteiger partial charge in [-0.05, 0) is 43.2 Å². The highest BCUT2D eigenvalue weighted by Crippen LogP contribution is 2.61. The van der Waals surface area contributed by atoms with Crippen LogP contribution >= 0.6 is 0 Å². The number of rotatable bonds is 3. The van der Waals surface area contributed by atoms with Crippen LogP contribution in [0.3, 0.4) is 0 Å². The quantitative estimate of drug-likeness (QED) is 0.548. The van der Waals surface area contributed by atoms with Crippen LogP contribution in [-0.2, 0) is 0 Å². The van der Waals surface area contributed by atoms with Gasteiger partial charge in [-0.2, -0.15) is 0 Å². The Morgan fingerprint density at radius 3 is 2.37 bits per heavy atom. The highest BCUT2D eigenvalue weighted by molar-refractivity contribution is 5.87. The molecule has 4 aliphatic rings. The number of aromatic carboxylic acids is 1. The van der Waals surface area contributed by atoms with Gasteiger partial charge in [0.2, 0.25) is 5.54 Å². The number of benzene rings is 1. The zero-order valence-electron chi connectivity index (χ0n) is 15.1. The predicted octanol–water partition coefficient (Wildman–Crippen LogP) is 3.25. The highest BCUT2D eigenvalue weighted by atomic mass is 16.6. The van der Waals surface area contributed by atoms with E-state index in [1.54, 1.807) is 30.3 Å². The molecule has 5 rings (SSSR count). The number of hydrogen-bond donors (Lipinski definition) is 3. The fraction of sp³-hybridized carbons (Fsp3) is 0.579. The number of amides is 1. The molecule has 0 radical (unpaired) electrons. The molecule has 1 aromatic rings. The molecule has 4 bridgehead atoms. The van der Waals surface area contributed by atoms with Crippen LogP contribution in [0.15, 0.2) is 30.3 Å². The summed E-state index contributed by atoms with van der Waals surface area (Å²) < 4.78 is 0. The number of hydrogen-bond acceptors (Lipinski definition) is 4. The van der Waals surface area contributed by atoms with Crippen LogP contribution in [0.5, 0.6) is 0 Å². The van der Waals surface area contributed by atoms with Gasteiger partial charge in [-0.25, -0.2) is 9.59 Å². The lowest BCUT2D eigenvalue weighted by Gasteiger charge is -2.60. The lowest BCUT2D eigenvalue weighted by Crippen LogP contribution is -2.70. The molecule has 5 unspecified atom stereocenters. The van der Waals surface area contributed by atoms with Crippen LogP contribution in [0.25, 0.3) is 0 Å². The minimum absolute atomic E-state index is 0.0627. The Morgan fingerprint density at radius 1 is 1.19 bits per heavy atom. The Bertz CT molecular complexity index is 754. The van der Waals surface area contributed by atoms with Gasteiger partial charge in [0, 0.05) is 23.7 Å². The van der Waals surface area contributed by atoms with Crippen LogP contribution in [0.2, 0.25) is 0 Å². The van der Waals surface area contributed by atoms with Crippen molar-refractivity contribution in [3.63, 3.8) is 0 Å². The Labute approximate surface area is 156 Å². The maximum atomic E-state index is 11.5. The van der Waals surface area contributed by atoms with E-state index in [-0.39, 0.29) is 10.8 Å². The summed E-state index contributed by atoms with van der Waals surface area (Å²) in [6.07, 6.45) is 2.52. The number of nitro groups is 1. The largest absolute Gasteiger partial charge is 0.478 e. The minimum atomic E-state index is -1.05. The molecular weight excluding hydrogens is 352 g/mol. The van der Waals surface area contributed by atoms with Crippen molar-refractivity contribution in [1.29, 1.82) is 0 Å². The zero-order chi connectivity index (χ0) is 19.8. The van der Waals surface area contributed by atoms with Crippen molar-refractivity contribution in [1.82, 2.24) is 5.32 Å². The molecule has 4 saturated carbocycles. The molecule has 0 spiro atoms. The first-order valence-corrected chi connectivity index (χ1v) is 9.11. The third-order valence-electron chi connectivity index (χ3n) is 6.57. The van der Waals surface area contributed by atoms with E-state index >= 15 is 0 Å². The number of carbonyl (C=O) groups is 2. The van der Waals surface area contributed by atoms with Crippen LogP contribution in [0, 0.1) is 27.9 Å². The molecule has 0 aromatic heterocycles. The topological polar surface area (TPSA) is 130 Å². The monoisotopic (exact) mass is 376 g/mol. The van der Waals surface area contributed by atoms with Gasteiger partial charge in [-0.1, -0.05) is 25.1 Å². The van der Waals surface area contributed by atoms with Gasteiger partial charge in [0.1, 0.15) is 0 Å². The molecule has 0 saturated heterocycles. The first kappa shape index (κ1) is 19.1. The third-order valence-corrected chi connectivity index (χ3v) is 6.57. The number of nitrogens with zero attached hydrogens (tertiary/aromatic N) is 1. The van der Waals surface area contributed by atoms with Gasteiger partial charge in [0.15, 0.2) is 0 Å². The van der Waals surface area contributed by atoms with Gasteiger partial charge >= 0.3 is 12.1 Å². The summed E-state index contributed by atoms with van der Waals surface area (Å²) >= 11 is 0. The van der Waals surface area contributed by atoms with Crippen LogP contribution in [0.4, 0.5) is 4.79 Å². The smallest absolute Gasteiger partial charge is 0.405 e. The normalized spacial score (nSPS) is 35.7. The maximum Gasteiger partial charge on any atom is 0.405 e. The molecule has 4 aliphatic carbocycles. The molecule has 27 heavy (non-hydrogen) atoms.